The van der Waals surface area contributed by atoms with Gasteiger partial charge >= 0.3 is 0 Å². The standard InChI is InChI=1S/C32H36BrN3O5/c1-34-31(38)28-24-13-21(5-4-12-37)27(29(28)32(34)39)30(20-8-6-19(7-9-20)16-35-10-2-3-11-35)36(24)17-22-14-25-26(15-23(22)33)41-18-40-25/h6-9,13-15,24,27-30,37H,2-5,10-12,16-18H2,1H3. The largest absolute Gasteiger partial charge is 0.454 e. The van der Waals surface area contributed by atoms with Crippen LogP contribution in [0.15, 0.2) is 52.5 Å². The highest BCUT2D eigenvalue weighted by atomic mass is 79.9. The van der Waals surface area contributed by atoms with Gasteiger partial charge in [-0.3, -0.25) is 24.3 Å². The van der Waals surface area contributed by atoms with Gasteiger partial charge in [-0.15, -0.1) is 0 Å². The molecule has 3 saturated heterocycles. The van der Waals surface area contributed by atoms with Crippen molar-refractivity contribution in [2.75, 3.05) is 33.5 Å². The molecule has 41 heavy (non-hydrogen) atoms. The molecule has 6 aliphatic rings. The number of hydrogen-bond acceptors (Lipinski definition) is 7. The summed E-state index contributed by atoms with van der Waals surface area (Å²) in [6.45, 7) is 4.14. The smallest absolute Gasteiger partial charge is 0.234 e. The maximum Gasteiger partial charge on any atom is 0.234 e. The molecular formula is C32H36BrN3O5. The number of benzene rings is 2. The third-order valence-electron chi connectivity index (χ3n) is 9.71. The summed E-state index contributed by atoms with van der Waals surface area (Å²) in [6, 6.07) is 12.6. The van der Waals surface area contributed by atoms with Crippen LogP contribution in [0.1, 0.15) is 48.4 Å². The Morgan fingerprint density at radius 1 is 0.951 bits per heavy atom. The van der Waals surface area contributed by atoms with E-state index >= 15 is 0 Å². The zero-order valence-corrected chi connectivity index (χ0v) is 24.9. The van der Waals surface area contributed by atoms with Gasteiger partial charge in [0.2, 0.25) is 18.6 Å². The Morgan fingerprint density at radius 3 is 2.39 bits per heavy atom. The quantitative estimate of drug-likeness (QED) is 0.348. The number of amides is 2. The zero-order valence-electron chi connectivity index (χ0n) is 23.3. The molecule has 8 rings (SSSR count). The van der Waals surface area contributed by atoms with Crippen LogP contribution in [0.5, 0.6) is 11.5 Å². The molecule has 5 aliphatic heterocycles. The lowest BCUT2D eigenvalue weighted by atomic mass is 9.61. The third kappa shape index (κ3) is 4.61. The van der Waals surface area contributed by atoms with Crippen LogP contribution in [0.25, 0.3) is 0 Å². The molecule has 5 atom stereocenters. The van der Waals surface area contributed by atoms with Crippen molar-refractivity contribution < 1.29 is 24.2 Å². The van der Waals surface area contributed by atoms with Crippen molar-refractivity contribution in [1.82, 2.24) is 14.7 Å². The fourth-order valence-corrected chi connectivity index (χ4v) is 8.24. The van der Waals surface area contributed by atoms with Gasteiger partial charge < -0.3 is 14.6 Å². The lowest BCUT2D eigenvalue weighted by molar-refractivity contribution is -0.138. The number of fused-ring (bicyclic) bond motifs is 2. The molecule has 2 aromatic rings. The fraction of sp³-hybridized carbons (Fsp3) is 0.500. The summed E-state index contributed by atoms with van der Waals surface area (Å²) in [5.41, 5.74) is 4.69. The lowest BCUT2D eigenvalue weighted by Crippen LogP contribution is -2.58. The average Bonchev–Trinajstić information content (AvgIpc) is 3.71. The Kier molecular flexibility index (Phi) is 7.17. The van der Waals surface area contributed by atoms with Crippen LogP contribution in [0.3, 0.4) is 0 Å². The molecule has 0 radical (unpaired) electrons. The van der Waals surface area contributed by atoms with Gasteiger partial charge in [-0.05, 0) is 67.6 Å². The molecule has 5 unspecified atom stereocenters. The van der Waals surface area contributed by atoms with E-state index in [0.29, 0.717) is 13.0 Å². The Labute approximate surface area is 249 Å². The number of piperidine rings is 1. The van der Waals surface area contributed by atoms with Crippen LogP contribution >= 0.6 is 15.9 Å². The summed E-state index contributed by atoms with van der Waals surface area (Å²) in [5, 5.41) is 9.68. The highest BCUT2D eigenvalue weighted by Crippen LogP contribution is 2.57. The fourth-order valence-electron chi connectivity index (χ4n) is 7.79. The molecular weight excluding hydrogens is 586 g/mol. The van der Waals surface area contributed by atoms with Crippen molar-refractivity contribution in [3.05, 3.63) is 69.2 Å². The zero-order chi connectivity index (χ0) is 28.2. The lowest BCUT2D eigenvalue weighted by Gasteiger charge is -2.55. The Morgan fingerprint density at radius 2 is 1.66 bits per heavy atom. The number of rotatable bonds is 8. The number of carbonyl (C=O) groups excluding carboxylic acids is 2. The minimum atomic E-state index is -0.408. The topological polar surface area (TPSA) is 82.6 Å². The molecule has 0 spiro atoms. The molecule has 0 saturated carbocycles. The SMILES string of the molecule is CN1C(=O)C2C(C1=O)C1C=C(CCCO)C2C(c2ccc(CN3CCCC3)cc2)N1Cc1cc2c(cc1Br)OCO2. The molecule has 1 N–H and O–H groups in total. The van der Waals surface area contributed by atoms with E-state index in [4.69, 9.17) is 9.47 Å². The second kappa shape index (κ2) is 10.8. The summed E-state index contributed by atoms with van der Waals surface area (Å²) >= 11 is 3.75. The van der Waals surface area contributed by atoms with Crippen LogP contribution < -0.4 is 9.47 Å². The molecule has 2 bridgehead atoms. The maximum atomic E-state index is 13.6. The van der Waals surface area contributed by atoms with Gasteiger partial charge in [0.05, 0.1) is 11.8 Å². The number of aliphatic hydroxyl groups is 1. The first-order chi connectivity index (χ1) is 19.9. The molecule has 2 aromatic carbocycles. The molecule has 5 heterocycles. The van der Waals surface area contributed by atoms with Crippen LogP contribution in [0.4, 0.5) is 0 Å². The van der Waals surface area contributed by atoms with Crippen LogP contribution in [-0.2, 0) is 22.7 Å². The summed E-state index contributed by atoms with van der Waals surface area (Å²) in [7, 11) is 1.62. The number of hydrogen-bond donors (Lipinski definition) is 1. The number of aliphatic hydroxyl groups excluding tert-OH is 1. The highest BCUT2D eigenvalue weighted by molar-refractivity contribution is 9.10. The molecule has 0 aromatic heterocycles. The number of ether oxygens (including phenoxy) is 2. The van der Waals surface area contributed by atoms with Gasteiger partial charge in [0, 0.05) is 49.2 Å². The maximum absolute atomic E-state index is 13.6. The number of carbonyl (C=O) groups is 2. The van der Waals surface area contributed by atoms with E-state index in [9.17, 15) is 14.7 Å². The predicted molar refractivity (Wildman–Crippen MR) is 156 cm³/mol. The monoisotopic (exact) mass is 621 g/mol. The normalized spacial score (nSPS) is 29.0. The van der Waals surface area contributed by atoms with Gasteiger partial charge in [-0.2, -0.15) is 0 Å². The minimum Gasteiger partial charge on any atom is -0.454 e. The second-order valence-corrected chi connectivity index (χ2v) is 12.9. The van der Waals surface area contributed by atoms with Crippen LogP contribution in [0.2, 0.25) is 0 Å². The van der Waals surface area contributed by atoms with Crippen molar-refractivity contribution in [3.8, 4) is 11.5 Å². The van der Waals surface area contributed by atoms with E-state index in [2.05, 4.69) is 56.1 Å². The Balaban J connectivity index is 1.30. The van der Waals surface area contributed by atoms with Gasteiger partial charge in [-0.25, -0.2) is 0 Å². The summed E-state index contributed by atoms with van der Waals surface area (Å²) in [4.78, 5) is 33.3. The average molecular weight is 623 g/mol. The van der Waals surface area contributed by atoms with Crippen molar-refractivity contribution >= 4 is 27.7 Å². The van der Waals surface area contributed by atoms with Crippen molar-refractivity contribution in [3.63, 3.8) is 0 Å². The molecule has 8 nitrogen and oxygen atoms in total. The van der Waals surface area contributed by atoms with Crippen molar-refractivity contribution in [2.45, 2.75) is 50.9 Å². The van der Waals surface area contributed by atoms with E-state index in [1.54, 1.807) is 7.05 Å². The van der Waals surface area contributed by atoms with E-state index < -0.39 is 5.92 Å². The van der Waals surface area contributed by atoms with Gasteiger partial charge in [0.25, 0.3) is 0 Å². The Bertz CT molecular complexity index is 1390. The number of halogens is 1. The van der Waals surface area contributed by atoms with Crippen LogP contribution in [-0.4, -0.2) is 71.2 Å². The van der Waals surface area contributed by atoms with E-state index in [1.165, 1.54) is 28.9 Å². The second-order valence-electron chi connectivity index (χ2n) is 12.0. The third-order valence-corrected chi connectivity index (χ3v) is 10.4. The number of imide groups is 1. The molecule has 3 fully saturated rings. The van der Waals surface area contributed by atoms with Gasteiger partial charge in [-0.1, -0.05) is 51.8 Å². The van der Waals surface area contributed by atoms with Gasteiger partial charge in [0.1, 0.15) is 0 Å². The van der Waals surface area contributed by atoms with Crippen LogP contribution in [0, 0.1) is 17.8 Å². The first kappa shape index (κ1) is 27.1. The van der Waals surface area contributed by atoms with Gasteiger partial charge in [0.15, 0.2) is 11.5 Å². The highest BCUT2D eigenvalue weighted by Gasteiger charge is 2.62. The first-order valence-corrected chi connectivity index (χ1v) is 15.5. The minimum absolute atomic E-state index is 0.0795. The molecule has 1 aliphatic carbocycles. The summed E-state index contributed by atoms with van der Waals surface area (Å²) in [5.74, 6) is 0.323. The molecule has 2 amide bonds. The van der Waals surface area contributed by atoms with E-state index in [0.717, 1.165) is 53.2 Å². The Hall–Kier alpha value is -2.72. The predicted octanol–water partition coefficient (Wildman–Crippen LogP) is 4.26. The van der Waals surface area contributed by atoms with E-state index in [-0.39, 0.29) is 49.1 Å². The molecule has 216 valence electrons. The summed E-state index contributed by atoms with van der Waals surface area (Å²) in [6.07, 6.45) is 6.11. The number of nitrogens with zero attached hydrogens (tertiary/aromatic N) is 3. The van der Waals surface area contributed by atoms with Crippen molar-refractivity contribution in [1.29, 1.82) is 0 Å². The van der Waals surface area contributed by atoms with Crippen molar-refractivity contribution in [2.24, 2.45) is 17.8 Å². The van der Waals surface area contributed by atoms with E-state index in [1.807, 2.05) is 12.1 Å². The molecule has 9 heteroatoms. The first-order valence-electron chi connectivity index (χ1n) is 14.7. The number of likely N-dealkylation sites (tertiary alicyclic amines) is 2. The summed E-state index contributed by atoms with van der Waals surface area (Å²) < 4.78 is 12.2.